The summed E-state index contributed by atoms with van der Waals surface area (Å²) in [5.74, 6) is 0.149. The maximum absolute atomic E-state index is 14.2. The summed E-state index contributed by atoms with van der Waals surface area (Å²) >= 11 is 0. The third-order valence-corrected chi connectivity index (χ3v) is 4.81. The van der Waals surface area contributed by atoms with Crippen LogP contribution in [0.2, 0.25) is 0 Å². The van der Waals surface area contributed by atoms with E-state index in [1.807, 2.05) is 24.3 Å². The Hall–Kier alpha value is -3.15. The molecule has 1 aliphatic rings. The minimum Gasteiger partial charge on any atom is -0.497 e. The molecule has 6 heteroatoms. The topological polar surface area (TPSA) is 56.1 Å². The first-order valence-electron chi connectivity index (χ1n) is 8.94. The smallest absolute Gasteiger partial charge is 0.272 e. The largest absolute Gasteiger partial charge is 0.497 e. The number of carbonyl (C=O) groups excluding carboxylic acids is 1. The summed E-state index contributed by atoms with van der Waals surface area (Å²) in [5.41, 5.74) is 3.54. The van der Waals surface area contributed by atoms with Gasteiger partial charge in [-0.25, -0.2) is 9.07 Å². The molecule has 1 heterocycles. The molecule has 1 amide bonds. The number of benzene rings is 2. The molecule has 0 saturated heterocycles. The number of amides is 1. The normalized spacial score (nSPS) is 12.7. The van der Waals surface area contributed by atoms with E-state index in [-0.39, 0.29) is 11.7 Å². The Bertz CT molecular complexity index is 997. The van der Waals surface area contributed by atoms with Crippen molar-refractivity contribution in [1.82, 2.24) is 15.1 Å². The van der Waals surface area contributed by atoms with Crippen molar-refractivity contribution in [3.05, 3.63) is 76.9 Å². The molecule has 0 saturated carbocycles. The fourth-order valence-corrected chi connectivity index (χ4v) is 3.49. The summed E-state index contributed by atoms with van der Waals surface area (Å²) in [6.45, 7) is 0.372. The Balaban J connectivity index is 1.59. The van der Waals surface area contributed by atoms with E-state index in [1.165, 1.54) is 6.07 Å². The lowest BCUT2D eigenvalue weighted by molar-refractivity contribution is 0.0944. The minimum atomic E-state index is -0.349. The molecule has 0 spiro atoms. The first-order valence-corrected chi connectivity index (χ1v) is 8.94. The molecule has 5 nitrogen and oxygen atoms in total. The number of rotatable bonds is 5. The van der Waals surface area contributed by atoms with Gasteiger partial charge in [-0.05, 0) is 49.1 Å². The standard InChI is InChI=1S/C21H20FN3O2/c1-27-15-7-4-6-14(12-15)13-23-21(26)20-16-8-5-11-18(16)25(24-20)19-10-3-2-9-17(19)22/h2-4,6-7,9-10,12H,5,8,11,13H2,1H3,(H,23,26). The Labute approximate surface area is 156 Å². The first-order chi connectivity index (χ1) is 13.2. The van der Waals surface area contributed by atoms with Crippen LogP contribution in [0.4, 0.5) is 4.39 Å². The average Bonchev–Trinajstić information content (AvgIpc) is 3.30. The number of ether oxygens (including phenoxy) is 1. The van der Waals surface area contributed by atoms with Gasteiger partial charge in [0, 0.05) is 17.8 Å². The van der Waals surface area contributed by atoms with E-state index in [2.05, 4.69) is 10.4 Å². The van der Waals surface area contributed by atoms with Crippen LogP contribution in [0.15, 0.2) is 48.5 Å². The van der Waals surface area contributed by atoms with Crippen LogP contribution in [0, 0.1) is 5.82 Å². The van der Waals surface area contributed by atoms with Gasteiger partial charge in [-0.15, -0.1) is 0 Å². The van der Waals surface area contributed by atoms with Crippen LogP contribution in [-0.4, -0.2) is 22.8 Å². The number of halogens is 1. The summed E-state index contributed by atoms with van der Waals surface area (Å²) < 4.78 is 21.0. The quantitative estimate of drug-likeness (QED) is 0.754. The van der Waals surface area contributed by atoms with E-state index < -0.39 is 0 Å². The monoisotopic (exact) mass is 365 g/mol. The number of nitrogens with one attached hydrogen (secondary N) is 1. The molecule has 27 heavy (non-hydrogen) atoms. The second kappa shape index (κ2) is 7.23. The summed E-state index contributed by atoms with van der Waals surface area (Å²) in [7, 11) is 1.61. The molecule has 138 valence electrons. The number of nitrogens with zero attached hydrogens (tertiary/aromatic N) is 2. The molecule has 0 radical (unpaired) electrons. The molecular formula is C21H20FN3O2. The molecule has 1 aliphatic carbocycles. The van der Waals surface area contributed by atoms with Crippen molar-refractivity contribution in [2.75, 3.05) is 7.11 Å². The van der Waals surface area contributed by atoms with E-state index in [0.717, 1.165) is 41.8 Å². The summed E-state index contributed by atoms with van der Waals surface area (Å²) in [5, 5.41) is 7.36. The third kappa shape index (κ3) is 3.30. The van der Waals surface area contributed by atoms with Crippen LogP contribution in [0.25, 0.3) is 5.69 Å². The van der Waals surface area contributed by atoms with E-state index in [0.29, 0.717) is 17.9 Å². The molecule has 1 aromatic heterocycles. The molecule has 0 unspecified atom stereocenters. The van der Waals surface area contributed by atoms with Crippen LogP contribution in [0.5, 0.6) is 5.75 Å². The van der Waals surface area contributed by atoms with E-state index in [9.17, 15) is 9.18 Å². The van der Waals surface area contributed by atoms with Gasteiger partial charge in [-0.1, -0.05) is 24.3 Å². The highest BCUT2D eigenvalue weighted by Gasteiger charge is 2.27. The van der Waals surface area contributed by atoms with Gasteiger partial charge in [-0.2, -0.15) is 5.10 Å². The first kappa shape index (κ1) is 17.3. The Morgan fingerprint density at radius 1 is 1.22 bits per heavy atom. The van der Waals surface area contributed by atoms with Gasteiger partial charge in [0.25, 0.3) is 5.91 Å². The SMILES string of the molecule is COc1cccc(CNC(=O)c2nn(-c3ccccc3F)c3c2CCC3)c1. The molecule has 4 rings (SSSR count). The Kier molecular flexibility index (Phi) is 4.62. The lowest BCUT2D eigenvalue weighted by Gasteiger charge is -2.07. The highest BCUT2D eigenvalue weighted by molar-refractivity contribution is 5.94. The van der Waals surface area contributed by atoms with Crippen molar-refractivity contribution in [2.45, 2.75) is 25.8 Å². The second-order valence-electron chi connectivity index (χ2n) is 6.52. The molecular weight excluding hydrogens is 345 g/mol. The Morgan fingerprint density at radius 3 is 2.89 bits per heavy atom. The number of carbonyl (C=O) groups is 1. The highest BCUT2D eigenvalue weighted by atomic mass is 19.1. The van der Waals surface area contributed by atoms with Crippen molar-refractivity contribution in [3.8, 4) is 11.4 Å². The number of aromatic nitrogens is 2. The second-order valence-corrected chi connectivity index (χ2v) is 6.52. The maximum Gasteiger partial charge on any atom is 0.272 e. The zero-order chi connectivity index (χ0) is 18.8. The molecule has 1 N–H and O–H groups in total. The van der Waals surface area contributed by atoms with Crippen molar-refractivity contribution >= 4 is 5.91 Å². The van der Waals surface area contributed by atoms with E-state index >= 15 is 0 Å². The molecule has 0 aliphatic heterocycles. The predicted octanol–water partition coefficient (Wildman–Crippen LogP) is 3.44. The number of hydrogen-bond acceptors (Lipinski definition) is 3. The van der Waals surface area contributed by atoms with Crippen molar-refractivity contribution < 1.29 is 13.9 Å². The highest BCUT2D eigenvalue weighted by Crippen LogP contribution is 2.28. The third-order valence-electron chi connectivity index (χ3n) is 4.81. The van der Waals surface area contributed by atoms with E-state index in [4.69, 9.17) is 4.74 Å². The molecule has 0 bridgehead atoms. The number of hydrogen-bond donors (Lipinski definition) is 1. The summed E-state index contributed by atoms with van der Waals surface area (Å²) in [6, 6.07) is 14.0. The van der Waals surface area contributed by atoms with Gasteiger partial charge in [-0.3, -0.25) is 4.79 Å². The van der Waals surface area contributed by atoms with Crippen molar-refractivity contribution in [1.29, 1.82) is 0 Å². The number of fused-ring (bicyclic) bond motifs is 1. The zero-order valence-corrected chi connectivity index (χ0v) is 15.0. The number of methoxy groups -OCH3 is 1. The zero-order valence-electron chi connectivity index (χ0n) is 15.0. The van der Waals surface area contributed by atoms with Gasteiger partial charge in [0.05, 0.1) is 7.11 Å². The van der Waals surface area contributed by atoms with Crippen LogP contribution in [0.3, 0.4) is 0 Å². The lowest BCUT2D eigenvalue weighted by Crippen LogP contribution is -2.24. The fraction of sp³-hybridized carbons (Fsp3) is 0.238. The van der Waals surface area contributed by atoms with Gasteiger partial charge in [0.15, 0.2) is 5.69 Å². The van der Waals surface area contributed by atoms with Crippen LogP contribution >= 0.6 is 0 Å². The van der Waals surface area contributed by atoms with Crippen molar-refractivity contribution in [2.24, 2.45) is 0 Å². The fourth-order valence-electron chi connectivity index (χ4n) is 3.49. The van der Waals surface area contributed by atoms with Crippen molar-refractivity contribution in [3.63, 3.8) is 0 Å². The van der Waals surface area contributed by atoms with Gasteiger partial charge < -0.3 is 10.1 Å². The van der Waals surface area contributed by atoms with Gasteiger partial charge >= 0.3 is 0 Å². The Morgan fingerprint density at radius 2 is 2.07 bits per heavy atom. The summed E-state index contributed by atoms with van der Waals surface area (Å²) in [6.07, 6.45) is 2.52. The van der Waals surface area contributed by atoms with Gasteiger partial charge in [0.2, 0.25) is 0 Å². The molecule has 0 atom stereocenters. The van der Waals surface area contributed by atoms with Crippen LogP contribution in [-0.2, 0) is 19.4 Å². The maximum atomic E-state index is 14.2. The lowest BCUT2D eigenvalue weighted by atomic mass is 10.1. The number of para-hydroxylation sites is 1. The minimum absolute atomic E-state index is 0.244. The molecule has 3 aromatic rings. The molecule has 2 aromatic carbocycles. The van der Waals surface area contributed by atoms with Gasteiger partial charge in [0.1, 0.15) is 17.3 Å². The predicted molar refractivity (Wildman–Crippen MR) is 99.7 cm³/mol. The van der Waals surface area contributed by atoms with E-state index in [1.54, 1.807) is 30.0 Å². The van der Waals surface area contributed by atoms with Crippen LogP contribution < -0.4 is 10.1 Å². The van der Waals surface area contributed by atoms with Crippen LogP contribution in [0.1, 0.15) is 33.7 Å². The molecule has 0 fully saturated rings. The average molecular weight is 365 g/mol. The summed E-state index contributed by atoms with van der Waals surface area (Å²) in [4.78, 5) is 12.7.